The van der Waals surface area contributed by atoms with E-state index >= 15 is 0 Å². The van der Waals surface area contributed by atoms with Crippen LogP contribution < -0.4 is 10.2 Å². The number of nitrogens with one attached hydrogen (secondary N) is 1. The number of anilines is 2. The van der Waals surface area contributed by atoms with Crippen LogP contribution in [0.25, 0.3) is 0 Å². The van der Waals surface area contributed by atoms with Gasteiger partial charge in [0.1, 0.15) is 0 Å². The second kappa shape index (κ2) is 7.51. The lowest BCUT2D eigenvalue weighted by molar-refractivity contribution is 0.271. The Kier molecular flexibility index (Phi) is 5.19. The fourth-order valence-electron chi connectivity index (χ4n) is 3.12. The Morgan fingerprint density at radius 2 is 1.61 bits per heavy atom. The fraction of sp³-hybridized carbons (Fsp3) is 0.400. The van der Waals surface area contributed by atoms with E-state index in [1.807, 2.05) is 0 Å². The molecule has 3 heteroatoms. The molecule has 0 unspecified atom stereocenters. The molecule has 0 spiro atoms. The lowest BCUT2D eigenvalue weighted by Gasteiger charge is -2.35. The van der Waals surface area contributed by atoms with Gasteiger partial charge in [-0.1, -0.05) is 31.2 Å². The van der Waals surface area contributed by atoms with Crippen molar-refractivity contribution in [3.05, 3.63) is 59.7 Å². The van der Waals surface area contributed by atoms with Crippen molar-refractivity contribution in [1.29, 1.82) is 0 Å². The molecule has 1 heterocycles. The number of rotatable bonds is 5. The van der Waals surface area contributed by atoms with Gasteiger partial charge >= 0.3 is 0 Å². The summed E-state index contributed by atoms with van der Waals surface area (Å²) in [7, 11) is 0. The smallest absolute Gasteiger partial charge is 0.0403 e. The minimum atomic E-state index is 0.876. The normalized spacial score (nSPS) is 15.7. The standard InChI is InChI=1S/C20H27N3/c1-3-22-12-14-23(15-13-22)20-10-8-19(9-11-20)21-16-18-7-5-4-6-17(18)2/h4-11,21H,3,12-16H2,1-2H3. The molecule has 2 aromatic rings. The molecular weight excluding hydrogens is 282 g/mol. The van der Waals surface area contributed by atoms with Gasteiger partial charge in [0.2, 0.25) is 0 Å². The Balaban J connectivity index is 1.56. The first-order valence-electron chi connectivity index (χ1n) is 8.62. The van der Waals surface area contributed by atoms with Crippen LogP contribution in [0.4, 0.5) is 11.4 Å². The highest BCUT2D eigenvalue weighted by Gasteiger charge is 2.15. The van der Waals surface area contributed by atoms with Crippen molar-refractivity contribution in [1.82, 2.24) is 4.90 Å². The molecular formula is C20H27N3. The van der Waals surface area contributed by atoms with Crippen molar-refractivity contribution in [2.24, 2.45) is 0 Å². The van der Waals surface area contributed by atoms with Crippen molar-refractivity contribution < 1.29 is 0 Å². The van der Waals surface area contributed by atoms with Gasteiger partial charge in [0.05, 0.1) is 0 Å². The summed E-state index contributed by atoms with van der Waals surface area (Å²) in [6.45, 7) is 11.0. The maximum Gasteiger partial charge on any atom is 0.0403 e. The Labute approximate surface area is 139 Å². The number of benzene rings is 2. The van der Waals surface area contributed by atoms with E-state index in [1.165, 1.54) is 35.6 Å². The predicted octanol–water partition coefficient (Wildman–Crippen LogP) is 3.75. The molecule has 3 rings (SSSR count). The highest BCUT2D eigenvalue weighted by atomic mass is 15.3. The van der Waals surface area contributed by atoms with Gasteiger partial charge in [-0.2, -0.15) is 0 Å². The molecule has 0 aliphatic carbocycles. The lowest BCUT2D eigenvalue weighted by Crippen LogP contribution is -2.46. The number of hydrogen-bond acceptors (Lipinski definition) is 3. The zero-order chi connectivity index (χ0) is 16.1. The minimum Gasteiger partial charge on any atom is -0.381 e. The van der Waals surface area contributed by atoms with Crippen LogP contribution in [-0.4, -0.2) is 37.6 Å². The molecule has 0 radical (unpaired) electrons. The van der Waals surface area contributed by atoms with Gasteiger partial charge in [0, 0.05) is 44.1 Å². The maximum atomic E-state index is 3.52. The highest BCUT2D eigenvalue weighted by Crippen LogP contribution is 2.20. The third kappa shape index (κ3) is 4.05. The van der Waals surface area contributed by atoms with E-state index < -0.39 is 0 Å². The SMILES string of the molecule is CCN1CCN(c2ccc(NCc3ccccc3C)cc2)CC1. The van der Waals surface area contributed by atoms with Gasteiger partial charge in [-0.3, -0.25) is 0 Å². The molecule has 3 nitrogen and oxygen atoms in total. The van der Waals surface area contributed by atoms with Gasteiger partial charge in [-0.25, -0.2) is 0 Å². The molecule has 122 valence electrons. The summed E-state index contributed by atoms with van der Waals surface area (Å²) in [4.78, 5) is 4.99. The van der Waals surface area contributed by atoms with Gasteiger partial charge < -0.3 is 15.1 Å². The Morgan fingerprint density at radius 3 is 2.26 bits per heavy atom. The maximum absolute atomic E-state index is 3.52. The van der Waals surface area contributed by atoms with Crippen LogP contribution in [-0.2, 0) is 6.54 Å². The van der Waals surface area contributed by atoms with Crippen LogP contribution >= 0.6 is 0 Å². The van der Waals surface area contributed by atoms with Crippen LogP contribution in [0.1, 0.15) is 18.1 Å². The summed E-state index contributed by atoms with van der Waals surface area (Å²) in [6.07, 6.45) is 0. The average molecular weight is 309 g/mol. The second-order valence-electron chi connectivity index (χ2n) is 6.25. The first-order valence-corrected chi connectivity index (χ1v) is 8.62. The highest BCUT2D eigenvalue weighted by molar-refractivity contribution is 5.55. The second-order valence-corrected chi connectivity index (χ2v) is 6.25. The first kappa shape index (κ1) is 15.9. The molecule has 0 bridgehead atoms. The third-order valence-electron chi connectivity index (χ3n) is 4.80. The zero-order valence-corrected chi connectivity index (χ0v) is 14.3. The summed E-state index contributed by atoms with van der Waals surface area (Å²) in [5, 5.41) is 3.52. The minimum absolute atomic E-state index is 0.876. The molecule has 0 saturated carbocycles. The van der Waals surface area contributed by atoms with Crippen LogP contribution in [0.2, 0.25) is 0 Å². The van der Waals surface area contributed by atoms with Crippen LogP contribution in [0, 0.1) is 6.92 Å². The number of hydrogen-bond donors (Lipinski definition) is 1. The van der Waals surface area contributed by atoms with Gasteiger partial charge in [0.25, 0.3) is 0 Å². The lowest BCUT2D eigenvalue weighted by atomic mass is 10.1. The summed E-state index contributed by atoms with van der Waals surface area (Å²) >= 11 is 0. The topological polar surface area (TPSA) is 18.5 Å². The number of likely N-dealkylation sites (N-methyl/N-ethyl adjacent to an activating group) is 1. The summed E-state index contributed by atoms with van der Waals surface area (Å²) in [6, 6.07) is 17.4. The first-order chi connectivity index (χ1) is 11.3. The van der Waals surface area contributed by atoms with E-state index in [0.29, 0.717) is 0 Å². The Morgan fingerprint density at radius 1 is 0.913 bits per heavy atom. The molecule has 1 saturated heterocycles. The van der Waals surface area contributed by atoms with E-state index in [-0.39, 0.29) is 0 Å². The molecule has 0 atom stereocenters. The number of nitrogens with zero attached hydrogens (tertiary/aromatic N) is 2. The summed E-state index contributed by atoms with van der Waals surface area (Å²) in [5.41, 5.74) is 5.21. The van der Waals surface area contributed by atoms with E-state index in [4.69, 9.17) is 0 Å². The van der Waals surface area contributed by atoms with E-state index in [2.05, 4.69) is 77.5 Å². The Bertz CT molecular complexity index is 613. The average Bonchev–Trinajstić information content (AvgIpc) is 2.62. The molecule has 1 aliphatic rings. The molecule has 2 aromatic carbocycles. The van der Waals surface area contributed by atoms with E-state index in [0.717, 1.165) is 26.2 Å². The van der Waals surface area contributed by atoms with E-state index in [1.54, 1.807) is 0 Å². The summed E-state index contributed by atoms with van der Waals surface area (Å²) < 4.78 is 0. The van der Waals surface area contributed by atoms with Gasteiger partial charge in [-0.05, 0) is 48.9 Å². The predicted molar refractivity (Wildman–Crippen MR) is 99.3 cm³/mol. The van der Waals surface area contributed by atoms with Crippen LogP contribution in [0.3, 0.4) is 0 Å². The van der Waals surface area contributed by atoms with Crippen molar-refractivity contribution in [2.45, 2.75) is 20.4 Å². The van der Waals surface area contributed by atoms with Crippen molar-refractivity contribution in [2.75, 3.05) is 42.9 Å². The molecule has 1 N–H and O–H groups in total. The van der Waals surface area contributed by atoms with Crippen molar-refractivity contribution in [3.63, 3.8) is 0 Å². The molecule has 1 fully saturated rings. The zero-order valence-electron chi connectivity index (χ0n) is 14.3. The molecule has 0 aromatic heterocycles. The van der Waals surface area contributed by atoms with Gasteiger partial charge in [0.15, 0.2) is 0 Å². The number of piperazine rings is 1. The van der Waals surface area contributed by atoms with Crippen molar-refractivity contribution >= 4 is 11.4 Å². The fourth-order valence-corrected chi connectivity index (χ4v) is 3.12. The molecule has 0 amide bonds. The Hall–Kier alpha value is -2.00. The molecule has 1 aliphatic heterocycles. The van der Waals surface area contributed by atoms with Crippen LogP contribution in [0.5, 0.6) is 0 Å². The number of aryl methyl sites for hydroxylation is 1. The van der Waals surface area contributed by atoms with E-state index in [9.17, 15) is 0 Å². The molecule has 23 heavy (non-hydrogen) atoms. The quantitative estimate of drug-likeness (QED) is 0.907. The summed E-state index contributed by atoms with van der Waals surface area (Å²) in [5.74, 6) is 0. The van der Waals surface area contributed by atoms with Crippen molar-refractivity contribution in [3.8, 4) is 0 Å². The van der Waals surface area contributed by atoms with Crippen LogP contribution in [0.15, 0.2) is 48.5 Å². The largest absolute Gasteiger partial charge is 0.381 e. The monoisotopic (exact) mass is 309 g/mol. The van der Waals surface area contributed by atoms with Gasteiger partial charge in [-0.15, -0.1) is 0 Å². The third-order valence-corrected chi connectivity index (χ3v) is 4.80.